The van der Waals surface area contributed by atoms with E-state index in [4.69, 9.17) is 15.5 Å². The fraction of sp³-hybridized carbons (Fsp3) is 0.500. The standard InChI is InChI=1S/C10H16N5O6P/c11-10-12-3-7-8(14-10)15(5-13-7)2-1-6(4-16)9(17)21-22(18,19)20/h3,5-6,9,16-17H,1-2,4H2,(H2,11,12,14)(H2,18,19,20). The summed E-state index contributed by atoms with van der Waals surface area (Å²) in [4.78, 5) is 29.2. The van der Waals surface area contributed by atoms with Crippen molar-refractivity contribution in [2.75, 3.05) is 12.3 Å². The first-order chi connectivity index (χ1) is 10.3. The number of hydrogen-bond acceptors (Lipinski definition) is 8. The van der Waals surface area contributed by atoms with E-state index in [0.717, 1.165) is 0 Å². The maximum atomic E-state index is 10.7. The van der Waals surface area contributed by atoms with Crippen molar-refractivity contribution in [2.24, 2.45) is 5.92 Å². The van der Waals surface area contributed by atoms with E-state index in [2.05, 4.69) is 19.5 Å². The number of phosphoric ester groups is 1. The zero-order valence-corrected chi connectivity index (χ0v) is 12.2. The third kappa shape index (κ3) is 4.19. The third-order valence-electron chi connectivity index (χ3n) is 3.00. The molecule has 0 saturated heterocycles. The number of nitrogens with zero attached hydrogens (tertiary/aromatic N) is 4. The second-order valence-corrected chi connectivity index (χ2v) is 5.78. The van der Waals surface area contributed by atoms with Gasteiger partial charge in [-0.05, 0) is 6.42 Å². The largest absolute Gasteiger partial charge is 0.471 e. The first-order valence-electron chi connectivity index (χ1n) is 6.26. The van der Waals surface area contributed by atoms with Crippen LogP contribution in [-0.4, -0.2) is 52.4 Å². The number of nitrogens with two attached hydrogens (primary N) is 1. The molecule has 22 heavy (non-hydrogen) atoms. The second kappa shape index (κ2) is 6.65. The molecule has 2 unspecified atom stereocenters. The molecular formula is C10H16N5O6P. The molecule has 0 bridgehead atoms. The van der Waals surface area contributed by atoms with Gasteiger partial charge in [0.2, 0.25) is 5.95 Å². The van der Waals surface area contributed by atoms with E-state index < -0.39 is 26.6 Å². The Hall–Kier alpha value is -1.62. The average Bonchev–Trinajstić information content (AvgIpc) is 2.80. The first-order valence-corrected chi connectivity index (χ1v) is 7.79. The smallest absolute Gasteiger partial charge is 0.396 e. The molecule has 0 fully saturated rings. The summed E-state index contributed by atoms with van der Waals surface area (Å²) in [6, 6.07) is 0. The van der Waals surface area contributed by atoms with Gasteiger partial charge in [0.05, 0.1) is 19.1 Å². The lowest BCUT2D eigenvalue weighted by Gasteiger charge is -2.21. The topological polar surface area (TPSA) is 177 Å². The zero-order valence-electron chi connectivity index (χ0n) is 11.3. The van der Waals surface area contributed by atoms with Gasteiger partial charge in [0.15, 0.2) is 11.9 Å². The Morgan fingerprint density at radius 3 is 2.77 bits per heavy atom. The van der Waals surface area contributed by atoms with Crippen LogP contribution in [0.3, 0.4) is 0 Å². The number of nitrogen functional groups attached to an aromatic ring is 1. The van der Waals surface area contributed by atoms with Crippen molar-refractivity contribution in [3.05, 3.63) is 12.5 Å². The molecule has 2 aromatic heterocycles. The van der Waals surface area contributed by atoms with Gasteiger partial charge in [-0.2, -0.15) is 4.98 Å². The van der Waals surface area contributed by atoms with E-state index in [-0.39, 0.29) is 18.9 Å². The Kier molecular flexibility index (Phi) is 5.06. The number of anilines is 1. The molecule has 0 aliphatic rings. The molecule has 122 valence electrons. The second-order valence-electron chi connectivity index (χ2n) is 4.59. The van der Waals surface area contributed by atoms with Crippen molar-refractivity contribution >= 4 is 24.9 Å². The molecule has 0 aromatic carbocycles. The molecule has 2 atom stereocenters. The number of aliphatic hydroxyl groups is 2. The molecule has 0 amide bonds. The quantitative estimate of drug-likeness (QED) is 0.306. The molecule has 0 aliphatic heterocycles. The maximum Gasteiger partial charge on any atom is 0.471 e. The van der Waals surface area contributed by atoms with Crippen LogP contribution in [0.15, 0.2) is 12.5 Å². The summed E-state index contributed by atoms with van der Waals surface area (Å²) in [7, 11) is -4.84. The summed E-state index contributed by atoms with van der Waals surface area (Å²) in [5.74, 6) is -0.804. The van der Waals surface area contributed by atoms with Crippen molar-refractivity contribution < 1.29 is 29.1 Å². The average molecular weight is 333 g/mol. The number of phosphoric acid groups is 1. The third-order valence-corrected chi connectivity index (χ3v) is 3.49. The Morgan fingerprint density at radius 1 is 1.41 bits per heavy atom. The van der Waals surface area contributed by atoms with E-state index in [1.165, 1.54) is 12.5 Å². The first kappa shape index (κ1) is 16.7. The van der Waals surface area contributed by atoms with Crippen LogP contribution in [-0.2, 0) is 15.6 Å². The normalized spacial score (nSPS) is 15.1. The summed E-state index contributed by atoms with van der Waals surface area (Å²) in [6.45, 7) is -0.231. The van der Waals surface area contributed by atoms with E-state index in [9.17, 15) is 14.8 Å². The van der Waals surface area contributed by atoms with Crippen LogP contribution in [0.5, 0.6) is 0 Å². The van der Waals surface area contributed by atoms with Crippen LogP contribution in [0.4, 0.5) is 5.95 Å². The number of aliphatic hydroxyl groups excluding tert-OH is 2. The highest BCUT2D eigenvalue weighted by Gasteiger charge is 2.27. The van der Waals surface area contributed by atoms with Gasteiger partial charge >= 0.3 is 7.82 Å². The van der Waals surface area contributed by atoms with Crippen molar-refractivity contribution in [1.82, 2.24) is 19.5 Å². The minimum atomic E-state index is -4.84. The summed E-state index contributed by atoms with van der Waals surface area (Å²) < 4.78 is 16.5. The van der Waals surface area contributed by atoms with Gasteiger partial charge in [0.1, 0.15) is 5.52 Å². The molecule has 0 saturated carbocycles. The number of hydrogen-bond donors (Lipinski definition) is 5. The lowest BCUT2D eigenvalue weighted by atomic mass is 10.1. The van der Waals surface area contributed by atoms with E-state index >= 15 is 0 Å². The molecule has 0 radical (unpaired) electrons. The minimum Gasteiger partial charge on any atom is -0.396 e. The Bertz CT molecular complexity index is 687. The Labute approximate surface area is 124 Å². The Morgan fingerprint density at radius 2 is 2.14 bits per heavy atom. The number of fused-ring (bicyclic) bond motifs is 1. The van der Waals surface area contributed by atoms with Gasteiger partial charge in [-0.1, -0.05) is 0 Å². The molecule has 0 spiro atoms. The highest BCUT2D eigenvalue weighted by atomic mass is 31.2. The monoisotopic (exact) mass is 333 g/mol. The van der Waals surface area contributed by atoms with Crippen LogP contribution >= 0.6 is 7.82 Å². The van der Waals surface area contributed by atoms with Crippen molar-refractivity contribution in [2.45, 2.75) is 19.3 Å². The van der Waals surface area contributed by atoms with Crippen LogP contribution in [0.2, 0.25) is 0 Å². The van der Waals surface area contributed by atoms with Crippen LogP contribution in [0.25, 0.3) is 11.2 Å². The van der Waals surface area contributed by atoms with Crippen LogP contribution in [0.1, 0.15) is 6.42 Å². The Balaban J connectivity index is 2.06. The van der Waals surface area contributed by atoms with Crippen LogP contribution < -0.4 is 5.73 Å². The summed E-state index contributed by atoms with van der Waals surface area (Å²) in [6.07, 6.45) is 1.33. The van der Waals surface area contributed by atoms with Gasteiger partial charge in [0, 0.05) is 12.5 Å². The van der Waals surface area contributed by atoms with E-state index in [0.29, 0.717) is 11.2 Å². The predicted octanol–water partition coefficient (Wildman–Crippen LogP) is -1.17. The van der Waals surface area contributed by atoms with Crippen molar-refractivity contribution in [1.29, 1.82) is 0 Å². The maximum absolute atomic E-state index is 10.7. The fourth-order valence-electron chi connectivity index (χ4n) is 1.89. The fourth-order valence-corrected chi connectivity index (χ4v) is 2.34. The SMILES string of the molecule is Nc1ncc2ncn(CCC(CO)C(O)OP(=O)(O)O)c2n1. The van der Waals surface area contributed by atoms with Gasteiger partial charge in [-0.15, -0.1) is 0 Å². The summed E-state index contributed by atoms with van der Waals surface area (Å²) in [5.41, 5.74) is 6.51. The molecule has 0 aliphatic carbocycles. The molecule has 11 nitrogen and oxygen atoms in total. The lowest BCUT2D eigenvalue weighted by Crippen LogP contribution is -2.27. The number of aryl methyl sites for hydroxylation is 1. The lowest BCUT2D eigenvalue weighted by molar-refractivity contribution is -0.0925. The van der Waals surface area contributed by atoms with Gasteiger partial charge in [0.25, 0.3) is 0 Å². The van der Waals surface area contributed by atoms with Crippen LogP contribution in [0, 0.1) is 5.92 Å². The van der Waals surface area contributed by atoms with Crippen molar-refractivity contribution in [3.63, 3.8) is 0 Å². The molecular weight excluding hydrogens is 317 g/mol. The van der Waals surface area contributed by atoms with Gasteiger partial charge in [-0.3, -0.25) is 4.52 Å². The minimum absolute atomic E-state index is 0.0813. The summed E-state index contributed by atoms with van der Waals surface area (Å²) >= 11 is 0. The van der Waals surface area contributed by atoms with E-state index in [1.54, 1.807) is 4.57 Å². The van der Waals surface area contributed by atoms with Gasteiger partial charge < -0.3 is 30.3 Å². The summed E-state index contributed by atoms with van der Waals surface area (Å²) in [5, 5.41) is 18.8. The molecule has 2 aromatic rings. The van der Waals surface area contributed by atoms with Crippen molar-refractivity contribution in [3.8, 4) is 0 Å². The highest BCUT2D eigenvalue weighted by Crippen LogP contribution is 2.38. The highest BCUT2D eigenvalue weighted by molar-refractivity contribution is 7.46. The van der Waals surface area contributed by atoms with Gasteiger partial charge in [-0.25, -0.2) is 14.5 Å². The number of aromatic nitrogens is 4. The molecule has 6 N–H and O–H groups in total. The molecule has 2 rings (SSSR count). The molecule has 2 heterocycles. The molecule has 12 heteroatoms. The predicted molar refractivity (Wildman–Crippen MR) is 74.1 cm³/mol. The zero-order chi connectivity index (χ0) is 16.3. The number of imidazole rings is 1. The number of rotatable bonds is 7. The van der Waals surface area contributed by atoms with E-state index in [1.807, 2.05) is 0 Å².